The Morgan fingerprint density at radius 1 is 1.00 bits per heavy atom. The molecule has 0 amide bonds. The summed E-state index contributed by atoms with van der Waals surface area (Å²) in [6.07, 6.45) is 3.91. The average molecular weight is 313 g/mol. The third kappa shape index (κ3) is 4.20. The van der Waals surface area contributed by atoms with Gasteiger partial charge in [0.2, 0.25) is 0 Å². The van der Waals surface area contributed by atoms with Crippen LogP contribution in [0.1, 0.15) is 0 Å². The molecule has 0 aliphatic rings. The van der Waals surface area contributed by atoms with Gasteiger partial charge < -0.3 is 0 Å². The van der Waals surface area contributed by atoms with Crippen LogP contribution >= 0.6 is 11.3 Å². The van der Waals surface area contributed by atoms with Gasteiger partial charge in [0.15, 0.2) is 0 Å². The predicted octanol–water partition coefficient (Wildman–Crippen LogP) is -2.21. The highest BCUT2D eigenvalue weighted by atomic mass is 35.7. The normalized spacial score (nSPS) is 11.0. The zero-order valence-electron chi connectivity index (χ0n) is 10.0. The number of aromatic nitrogens is 2. The molecule has 0 aliphatic carbocycles. The Balaban J connectivity index is 0.000000257. The highest BCUT2D eigenvalue weighted by molar-refractivity contribution is 7.14. The van der Waals surface area contributed by atoms with E-state index in [4.69, 9.17) is 18.6 Å². The Labute approximate surface area is 120 Å². The molecule has 0 N–H and O–H groups in total. The van der Waals surface area contributed by atoms with Crippen LogP contribution in [0.4, 0.5) is 0 Å². The number of benzene rings is 1. The maximum Gasteiger partial charge on any atom is 0.387 e. The molecule has 0 spiro atoms. The molecule has 6 nitrogen and oxygen atoms in total. The summed E-state index contributed by atoms with van der Waals surface area (Å²) in [5, 5.41) is 2.05. The van der Waals surface area contributed by atoms with Crippen molar-refractivity contribution in [3.8, 4) is 11.3 Å². The van der Waals surface area contributed by atoms with Gasteiger partial charge in [-0.2, -0.15) is 4.40 Å². The molecule has 1 aromatic carbocycles. The summed E-state index contributed by atoms with van der Waals surface area (Å²) < 4.78 is 36.1. The molecular weight excluding hydrogens is 304 g/mol. The minimum atomic E-state index is -4.94. The Morgan fingerprint density at radius 2 is 1.65 bits per heavy atom. The smallest absolute Gasteiger partial charge is 0.222 e. The van der Waals surface area contributed by atoms with Crippen molar-refractivity contribution in [3.05, 3.63) is 54.2 Å². The third-order valence-electron chi connectivity index (χ3n) is 2.34. The predicted molar refractivity (Wildman–Crippen MR) is 60.7 cm³/mol. The van der Waals surface area contributed by atoms with E-state index in [1.165, 1.54) is 11.3 Å². The fourth-order valence-electron chi connectivity index (χ4n) is 1.64. The summed E-state index contributed by atoms with van der Waals surface area (Å²) in [4.78, 5) is 5.33. The molecule has 0 unspecified atom stereocenters. The van der Waals surface area contributed by atoms with E-state index in [0.717, 1.165) is 4.96 Å². The second-order valence-corrected chi connectivity index (χ2v) is 5.26. The molecule has 8 heteroatoms. The van der Waals surface area contributed by atoms with Crippen LogP contribution in [0, 0.1) is 10.2 Å². The molecule has 0 atom stereocenters. The highest BCUT2D eigenvalue weighted by Gasteiger charge is 2.10. The summed E-state index contributed by atoms with van der Waals surface area (Å²) in [5.74, 6) is 0. The third-order valence-corrected chi connectivity index (χ3v) is 3.11. The first-order valence-corrected chi connectivity index (χ1v) is 7.47. The van der Waals surface area contributed by atoms with Crippen molar-refractivity contribution in [3.63, 3.8) is 0 Å². The summed E-state index contributed by atoms with van der Waals surface area (Å²) >= 11 is 1.65. The van der Waals surface area contributed by atoms with Crippen LogP contribution < -0.4 is 23.0 Å². The molecule has 0 saturated carbocycles. The molecule has 2 aromatic heterocycles. The van der Waals surface area contributed by atoms with Gasteiger partial charge in [-0.25, -0.2) is 18.6 Å². The van der Waals surface area contributed by atoms with Gasteiger partial charge in [-0.15, -0.1) is 10.2 Å². The van der Waals surface area contributed by atoms with E-state index in [1.54, 1.807) is 11.3 Å². The Kier molecular flexibility index (Phi) is 4.61. The van der Waals surface area contributed by atoms with Crippen LogP contribution in [-0.2, 0) is 0 Å². The SMILES string of the molecule is [O-][Cl+3]([O-])([O-])[O-].c1ccc(-c2ccnc3scc[n+]23)cc1. The molecule has 0 radical (unpaired) electrons. The number of rotatable bonds is 1. The Bertz CT molecular complexity index is 678. The van der Waals surface area contributed by atoms with Gasteiger partial charge in [-0.05, 0) is 4.98 Å². The van der Waals surface area contributed by atoms with Gasteiger partial charge in [0.1, 0.15) is 18.1 Å². The van der Waals surface area contributed by atoms with Gasteiger partial charge in [0.25, 0.3) is 0 Å². The van der Waals surface area contributed by atoms with Gasteiger partial charge in [0, 0.05) is 17.0 Å². The van der Waals surface area contributed by atoms with Crippen molar-refractivity contribution in [2.24, 2.45) is 0 Å². The first-order valence-electron chi connectivity index (χ1n) is 5.36. The topological polar surface area (TPSA) is 109 Å². The quantitative estimate of drug-likeness (QED) is 0.473. The molecule has 0 fully saturated rings. The molecule has 3 aromatic rings. The molecule has 0 aliphatic heterocycles. The lowest BCUT2D eigenvalue weighted by Gasteiger charge is -2.17. The van der Waals surface area contributed by atoms with Crippen LogP contribution in [0.15, 0.2) is 54.2 Å². The van der Waals surface area contributed by atoms with Gasteiger partial charge in [-0.1, -0.05) is 41.7 Å². The fourth-order valence-corrected chi connectivity index (χ4v) is 2.34. The number of halogens is 1. The molecule has 20 heavy (non-hydrogen) atoms. The summed E-state index contributed by atoms with van der Waals surface area (Å²) in [6.45, 7) is 0. The largest absolute Gasteiger partial charge is 0.387 e. The summed E-state index contributed by atoms with van der Waals surface area (Å²) in [7, 11) is -4.94. The number of fused-ring (bicyclic) bond motifs is 1. The van der Waals surface area contributed by atoms with Crippen molar-refractivity contribution >= 4 is 16.3 Å². The molecule has 0 saturated heterocycles. The van der Waals surface area contributed by atoms with Crippen LogP contribution in [-0.4, -0.2) is 4.98 Å². The van der Waals surface area contributed by atoms with Crippen molar-refractivity contribution in [1.82, 2.24) is 4.98 Å². The van der Waals surface area contributed by atoms with Crippen LogP contribution in [0.3, 0.4) is 0 Å². The van der Waals surface area contributed by atoms with Crippen molar-refractivity contribution in [2.75, 3.05) is 0 Å². The standard InChI is InChI=1S/C12H9N2S.ClHO4/c1-2-4-10(5-3-1)11-6-7-13-12-14(11)8-9-15-12;2-1(3,4)5/h1-9H;(H,2,3,4,5)/q+1;/p-1. The number of nitrogens with zero attached hydrogens (tertiary/aromatic N) is 2. The monoisotopic (exact) mass is 312 g/mol. The maximum atomic E-state index is 8.49. The lowest BCUT2D eigenvalue weighted by Crippen LogP contribution is -2.68. The van der Waals surface area contributed by atoms with Gasteiger partial charge in [0.05, 0.1) is 0 Å². The minimum Gasteiger partial charge on any atom is -0.222 e. The van der Waals surface area contributed by atoms with Crippen molar-refractivity contribution < 1.29 is 33.3 Å². The molecule has 2 heterocycles. The zero-order chi connectivity index (χ0) is 14.6. The van der Waals surface area contributed by atoms with Crippen molar-refractivity contribution in [1.29, 1.82) is 0 Å². The Morgan fingerprint density at radius 3 is 2.30 bits per heavy atom. The van der Waals surface area contributed by atoms with Gasteiger partial charge in [-0.3, -0.25) is 0 Å². The minimum absolute atomic E-state index is 1.02. The van der Waals surface area contributed by atoms with E-state index in [-0.39, 0.29) is 0 Å². The first kappa shape index (κ1) is 14.8. The maximum absolute atomic E-state index is 8.49. The van der Waals surface area contributed by atoms with Crippen molar-refractivity contribution in [2.45, 2.75) is 0 Å². The van der Waals surface area contributed by atoms with Crippen LogP contribution in [0.2, 0.25) is 0 Å². The summed E-state index contributed by atoms with van der Waals surface area (Å²) in [5.41, 5.74) is 2.40. The van der Waals surface area contributed by atoms with Crippen LogP contribution in [0.25, 0.3) is 16.2 Å². The van der Waals surface area contributed by atoms with Crippen LogP contribution in [0.5, 0.6) is 0 Å². The lowest BCUT2D eigenvalue weighted by atomic mass is 10.1. The molecular formula is C12H9ClN2O4S. The first-order chi connectivity index (χ1) is 9.45. The average Bonchev–Trinajstić information content (AvgIpc) is 2.86. The number of hydrogen-bond acceptors (Lipinski definition) is 6. The molecule has 3 rings (SSSR count). The van der Waals surface area contributed by atoms with Gasteiger partial charge >= 0.3 is 4.96 Å². The number of hydrogen-bond donors (Lipinski definition) is 0. The second-order valence-electron chi connectivity index (χ2n) is 3.63. The van der Waals surface area contributed by atoms with E-state index >= 15 is 0 Å². The zero-order valence-corrected chi connectivity index (χ0v) is 11.6. The lowest BCUT2D eigenvalue weighted by molar-refractivity contribution is -2.00. The second kappa shape index (κ2) is 6.23. The van der Waals surface area contributed by atoms with E-state index in [1.807, 2.05) is 18.3 Å². The molecule has 0 bridgehead atoms. The highest BCUT2D eigenvalue weighted by Crippen LogP contribution is 2.15. The van der Waals surface area contributed by atoms with E-state index in [0.29, 0.717) is 0 Å². The van der Waals surface area contributed by atoms with E-state index in [9.17, 15) is 0 Å². The van der Waals surface area contributed by atoms with E-state index < -0.39 is 10.2 Å². The summed E-state index contributed by atoms with van der Waals surface area (Å²) in [6, 6.07) is 12.4. The Hall–Kier alpha value is -1.61. The molecule has 104 valence electrons. The fraction of sp³-hybridized carbons (Fsp3) is 0. The van der Waals surface area contributed by atoms with E-state index in [2.05, 4.69) is 45.2 Å². The number of thiazole rings is 1.